The van der Waals surface area contributed by atoms with Crippen molar-refractivity contribution in [3.05, 3.63) is 34.9 Å². The highest BCUT2D eigenvalue weighted by Gasteiger charge is 2.33. The summed E-state index contributed by atoms with van der Waals surface area (Å²) in [6, 6.07) is 7.74. The number of likely N-dealkylation sites (tertiary alicyclic amines) is 1. The van der Waals surface area contributed by atoms with Crippen LogP contribution in [-0.4, -0.2) is 24.0 Å². The number of nitrogens with zero attached hydrogens (tertiary/aromatic N) is 1. The van der Waals surface area contributed by atoms with Crippen LogP contribution in [-0.2, 0) is 0 Å². The van der Waals surface area contributed by atoms with Crippen LogP contribution < -0.4 is 5.73 Å². The van der Waals surface area contributed by atoms with Gasteiger partial charge in [0.25, 0.3) is 0 Å². The van der Waals surface area contributed by atoms with Crippen LogP contribution in [0.25, 0.3) is 0 Å². The fourth-order valence-electron chi connectivity index (χ4n) is 3.81. The fraction of sp³-hybridized carbons (Fsp3) is 0.667. The lowest BCUT2D eigenvalue weighted by molar-refractivity contribution is 0.0422. The van der Waals surface area contributed by atoms with Crippen molar-refractivity contribution < 1.29 is 0 Å². The van der Waals surface area contributed by atoms with Gasteiger partial charge in [0, 0.05) is 25.2 Å². The lowest BCUT2D eigenvalue weighted by Gasteiger charge is -2.45. The number of rotatable bonds is 3. The molecule has 0 aliphatic carbocycles. The summed E-state index contributed by atoms with van der Waals surface area (Å²) in [7, 11) is 0. The summed E-state index contributed by atoms with van der Waals surface area (Å²) in [5, 5.41) is 0. The average Bonchev–Trinajstić information content (AvgIpc) is 2.38. The predicted octanol–water partition coefficient (Wildman–Crippen LogP) is 3.67. The highest BCUT2D eigenvalue weighted by molar-refractivity contribution is 5.33. The summed E-state index contributed by atoms with van der Waals surface area (Å²) in [5.74, 6) is 1.51. The van der Waals surface area contributed by atoms with Crippen molar-refractivity contribution in [2.24, 2.45) is 17.6 Å². The summed E-state index contributed by atoms with van der Waals surface area (Å²) in [4.78, 5) is 2.64. The van der Waals surface area contributed by atoms with Crippen molar-refractivity contribution in [1.29, 1.82) is 0 Å². The van der Waals surface area contributed by atoms with Crippen molar-refractivity contribution in [3.8, 4) is 0 Å². The molecular formula is C18H30N2. The minimum Gasteiger partial charge on any atom is -0.329 e. The number of piperidine rings is 1. The first-order chi connectivity index (χ1) is 9.43. The number of benzene rings is 1. The van der Waals surface area contributed by atoms with Gasteiger partial charge in [-0.3, -0.25) is 4.90 Å². The first kappa shape index (κ1) is 15.5. The Morgan fingerprint density at radius 1 is 1.25 bits per heavy atom. The topological polar surface area (TPSA) is 29.3 Å². The maximum absolute atomic E-state index is 6.15. The maximum atomic E-state index is 6.15. The second-order valence-electron chi connectivity index (χ2n) is 6.87. The summed E-state index contributed by atoms with van der Waals surface area (Å²) >= 11 is 0. The minimum atomic E-state index is 0.357. The normalized spacial score (nSPS) is 29.4. The van der Waals surface area contributed by atoms with Gasteiger partial charge in [-0.2, -0.15) is 0 Å². The van der Waals surface area contributed by atoms with Crippen LogP contribution in [0.15, 0.2) is 18.2 Å². The monoisotopic (exact) mass is 274 g/mol. The molecule has 112 valence electrons. The lowest BCUT2D eigenvalue weighted by atomic mass is 9.83. The summed E-state index contributed by atoms with van der Waals surface area (Å²) in [6.07, 6.45) is 1.34. The molecule has 2 N–H and O–H groups in total. The minimum absolute atomic E-state index is 0.357. The molecule has 1 aromatic rings. The van der Waals surface area contributed by atoms with E-state index in [9.17, 15) is 0 Å². The molecule has 0 bridgehead atoms. The molecule has 0 radical (unpaired) electrons. The highest BCUT2D eigenvalue weighted by atomic mass is 15.2. The molecule has 2 heteroatoms. The summed E-state index contributed by atoms with van der Waals surface area (Å²) in [6.45, 7) is 13.3. The van der Waals surface area contributed by atoms with E-state index in [1.54, 1.807) is 0 Å². The van der Waals surface area contributed by atoms with Crippen molar-refractivity contribution >= 4 is 0 Å². The fourth-order valence-corrected chi connectivity index (χ4v) is 3.81. The zero-order chi connectivity index (χ0) is 14.9. The van der Waals surface area contributed by atoms with Gasteiger partial charge in [0.15, 0.2) is 0 Å². The Balaban J connectivity index is 2.31. The molecule has 1 heterocycles. The van der Waals surface area contributed by atoms with Crippen LogP contribution in [0.4, 0.5) is 0 Å². The van der Waals surface area contributed by atoms with Gasteiger partial charge in [-0.15, -0.1) is 0 Å². The van der Waals surface area contributed by atoms with E-state index in [1.807, 2.05) is 0 Å². The van der Waals surface area contributed by atoms with Gasteiger partial charge in [-0.1, -0.05) is 37.6 Å². The molecule has 1 aromatic carbocycles. The smallest absolute Gasteiger partial charge is 0.0476 e. The molecule has 4 unspecified atom stereocenters. The molecule has 1 aliphatic heterocycles. The third-order valence-corrected chi connectivity index (χ3v) is 5.05. The van der Waals surface area contributed by atoms with Gasteiger partial charge >= 0.3 is 0 Å². The first-order valence-corrected chi connectivity index (χ1v) is 7.97. The third kappa shape index (κ3) is 3.07. The van der Waals surface area contributed by atoms with E-state index in [-0.39, 0.29) is 0 Å². The summed E-state index contributed by atoms with van der Waals surface area (Å²) in [5.41, 5.74) is 10.3. The number of nitrogens with two attached hydrogens (primary N) is 1. The average molecular weight is 274 g/mol. The second kappa shape index (κ2) is 6.28. The number of hydrogen-bond donors (Lipinski definition) is 1. The van der Waals surface area contributed by atoms with E-state index >= 15 is 0 Å². The van der Waals surface area contributed by atoms with E-state index in [0.29, 0.717) is 18.6 Å². The quantitative estimate of drug-likeness (QED) is 0.911. The van der Waals surface area contributed by atoms with Gasteiger partial charge in [-0.05, 0) is 50.2 Å². The molecule has 1 saturated heterocycles. The van der Waals surface area contributed by atoms with Crippen LogP contribution >= 0.6 is 0 Å². The molecule has 0 amide bonds. The van der Waals surface area contributed by atoms with Gasteiger partial charge in [0.2, 0.25) is 0 Å². The van der Waals surface area contributed by atoms with Crippen molar-refractivity contribution in [3.63, 3.8) is 0 Å². The molecule has 20 heavy (non-hydrogen) atoms. The standard InChI is InChI=1S/C18H30N2/c1-12-6-7-17(15(4)8-12)18(10-19)20-11-13(2)9-14(3)16(20)5/h6-8,13-14,16,18H,9-11,19H2,1-5H3. The van der Waals surface area contributed by atoms with E-state index in [2.05, 4.69) is 57.7 Å². The van der Waals surface area contributed by atoms with Crippen molar-refractivity contribution in [2.45, 2.75) is 53.1 Å². The highest BCUT2D eigenvalue weighted by Crippen LogP contribution is 2.34. The molecule has 2 nitrogen and oxygen atoms in total. The molecule has 0 spiro atoms. The Labute approximate surface area is 124 Å². The Kier molecular flexibility index (Phi) is 4.87. The van der Waals surface area contributed by atoms with Crippen molar-refractivity contribution in [1.82, 2.24) is 4.90 Å². The molecule has 1 aliphatic rings. The van der Waals surface area contributed by atoms with Gasteiger partial charge in [-0.25, -0.2) is 0 Å². The van der Waals surface area contributed by atoms with Crippen molar-refractivity contribution in [2.75, 3.05) is 13.1 Å². The van der Waals surface area contributed by atoms with Crippen LogP contribution in [0.3, 0.4) is 0 Å². The summed E-state index contributed by atoms with van der Waals surface area (Å²) < 4.78 is 0. The molecular weight excluding hydrogens is 244 g/mol. The Hall–Kier alpha value is -0.860. The predicted molar refractivity (Wildman–Crippen MR) is 86.8 cm³/mol. The number of aryl methyl sites for hydroxylation is 2. The lowest BCUT2D eigenvalue weighted by Crippen LogP contribution is -2.49. The second-order valence-corrected chi connectivity index (χ2v) is 6.87. The molecule has 2 rings (SSSR count). The number of hydrogen-bond acceptors (Lipinski definition) is 2. The van der Waals surface area contributed by atoms with Crippen LogP contribution in [0.5, 0.6) is 0 Å². The Morgan fingerprint density at radius 3 is 2.55 bits per heavy atom. The zero-order valence-corrected chi connectivity index (χ0v) is 13.7. The molecule has 0 aromatic heterocycles. The van der Waals surface area contributed by atoms with E-state index in [1.165, 1.54) is 29.7 Å². The van der Waals surface area contributed by atoms with E-state index in [0.717, 1.165) is 11.8 Å². The third-order valence-electron chi connectivity index (χ3n) is 5.05. The Bertz CT molecular complexity index is 455. The molecule has 4 atom stereocenters. The Morgan fingerprint density at radius 2 is 1.95 bits per heavy atom. The zero-order valence-electron chi connectivity index (χ0n) is 13.7. The van der Waals surface area contributed by atoms with E-state index < -0.39 is 0 Å². The van der Waals surface area contributed by atoms with Gasteiger partial charge < -0.3 is 5.73 Å². The molecule has 0 saturated carbocycles. The van der Waals surface area contributed by atoms with Crippen LogP contribution in [0.1, 0.15) is 49.9 Å². The van der Waals surface area contributed by atoms with Gasteiger partial charge in [0.05, 0.1) is 0 Å². The van der Waals surface area contributed by atoms with Gasteiger partial charge in [0.1, 0.15) is 0 Å². The largest absolute Gasteiger partial charge is 0.329 e. The molecule has 1 fully saturated rings. The van der Waals surface area contributed by atoms with Crippen LogP contribution in [0, 0.1) is 25.7 Å². The first-order valence-electron chi connectivity index (χ1n) is 7.97. The van der Waals surface area contributed by atoms with Crippen LogP contribution in [0.2, 0.25) is 0 Å². The van der Waals surface area contributed by atoms with E-state index in [4.69, 9.17) is 5.73 Å². The SMILES string of the molecule is Cc1ccc(C(CN)N2CC(C)CC(C)C2C)c(C)c1. The maximum Gasteiger partial charge on any atom is 0.0476 e.